The highest BCUT2D eigenvalue weighted by Crippen LogP contribution is 2.33. The average molecular weight is 491 g/mol. The van der Waals surface area contributed by atoms with Gasteiger partial charge in [-0.1, -0.05) is 48.5 Å². The molecule has 0 aliphatic carbocycles. The Morgan fingerprint density at radius 3 is 2.56 bits per heavy atom. The van der Waals surface area contributed by atoms with E-state index in [1.54, 1.807) is 49.4 Å². The minimum atomic E-state index is -2.74. The molecule has 1 amide bonds. The minimum Gasteiger partial charge on any atom is -0.292 e. The molecule has 3 heterocycles. The zero-order valence-corrected chi connectivity index (χ0v) is 19.1. The van der Waals surface area contributed by atoms with Crippen LogP contribution in [0.4, 0.5) is 19.1 Å². The second-order valence-electron chi connectivity index (χ2n) is 8.11. The lowest BCUT2D eigenvalue weighted by Gasteiger charge is -2.09. The number of nitrogens with zero attached hydrogens (tertiary/aromatic N) is 6. The number of rotatable bonds is 7. The number of pyridine rings is 1. The van der Waals surface area contributed by atoms with Gasteiger partial charge in [0.2, 0.25) is 11.9 Å². The smallest absolute Gasteiger partial charge is 0.264 e. The van der Waals surface area contributed by atoms with Gasteiger partial charge in [0.1, 0.15) is 18.7 Å². The first kappa shape index (κ1) is 23.2. The summed E-state index contributed by atoms with van der Waals surface area (Å²) in [6.07, 6.45) is -1.37. The van der Waals surface area contributed by atoms with Crippen molar-refractivity contribution in [3.05, 3.63) is 89.6 Å². The molecule has 182 valence electrons. The van der Waals surface area contributed by atoms with Crippen LogP contribution >= 0.6 is 0 Å². The van der Waals surface area contributed by atoms with Gasteiger partial charge in [-0.15, -0.1) is 5.10 Å². The molecule has 0 unspecified atom stereocenters. The van der Waals surface area contributed by atoms with Gasteiger partial charge in [0.15, 0.2) is 5.65 Å². The van der Waals surface area contributed by atoms with Crippen molar-refractivity contribution in [1.82, 2.24) is 29.5 Å². The number of carbonyl (C=O) groups is 1. The van der Waals surface area contributed by atoms with Gasteiger partial charge in [0.25, 0.3) is 6.43 Å². The van der Waals surface area contributed by atoms with Gasteiger partial charge in [0, 0.05) is 16.7 Å². The summed E-state index contributed by atoms with van der Waals surface area (Å²) in [5.41, 5.74) is 1.77. The summed E-state index contributed by atoms with van der Waals surface area (Å²) >= 11 is 0. The van der Waals surface area contributed by atoms with E-state index in [9.17, 15) is 18.0 Å². The zero-order valence-electron chi connectivity index (χ0n) is 19.1. The number of nitrogens with one attached hydrogen (secondary N) is 1. The maximum Gasteiger partial charge on any atom is 0.264 e. The third kappa shape index (κ3) is 4.67. The average Bonchev–Trinajstić information content (AvgIpc) is 3.43. The predicted octanol–water partition coefficient (Wildman–Crippen LogP) is 4.76. The van der Waals surface area contributed by atoms with Crippen LogP contribution in [0.25, 0.3) is 22.3 Å². The van der Waals surface area contributed by atoms with Crippen molar-refractivity contribution in [3.8, 4) is 11.3 Å². The van der Waals surface area contributed by atoms with E-state index in [1.807, 2.05) is 6.07 Å². The molecule has 0 aliphatic rings. The third-order valence-corrected chi connectivity index (χ3v) is 5.58. The van der Waals surface area contributed by atoms with Crippen LogP contribution in [-0.4, -0.2) is 35.4 Å². The van der Waals surface area contributed by atoms with Crippen LogP contribution in [0.2, 0.25) is 0 Å². The number of halogens is 3. The molecule has 5 aromatic rings. The van der Waals surface area contributed by atoms with E-state index in [4.69, 9.17) is 0 Å². The topological polar surface area (TPSA) is 90.5 Å². The number of aromatic nitrogens is 6. The first-order valence-corrected chi connectivity index (χ1v) is 11.0. The van der Waals surface area contributed by atoms with Crippen LogP contribution in [0.15, 0.2) is 67.0 Å². The molecule has 0 radical (unpaired) electrons. The molecule has 8 nitrogen and oxygen atoms in total. The number of amides is 1. The molecular weight excluding hydrogens is 471 g/mol. The second kappa shape index (κ2) is 9.61. The van der Waals surface area contributed by atoms with Crippen molar-refractivity contribution < 1.29 is 18.0 Å². The molecule has 0 spiro atoms. The number of aryl methyl sites for hydroxylation is 1. The van der Waals surface area contributed by atoms with Crippen molar-refractivity contribution in [1.29, 1.82) is 0 Å². The van der Waals surface area contributed by atoms with Crippen LogP contribution in [0, 0.1) is 12.7 Å². The van der Waals surface area contributed by atoms with Gasteiger partial charge < -0.3 is 0 Å². The summed E-state index contributed by atoms with van der Waals surface area (Å²) in [4.78, 5) is 21.3. The summed E-state index contributed by atoms with van der Waals surface area (Å²) in [6, 6.07) is 16.6. The molecular formula is C25H20F3N7O. The Labute approximate surface area is 203 Å². The molecule has 2 aromatic carbocycles. The summed E-state index contributed by atoms with van der Waals surface area (Å²) in [5.74, 6) is -0.866. The van der Waals surface area contributed by atoms with E-state index in [0.29, 0.717) is 22.5 Å². The fourth-order valence-electron chi connectivity index (χ4n) is 3.96. The lowest BCUT2D eigenvalue weighted by molar-refractivity contribution is -0.116. The summed E-state index contributed by atoms with van der Waals surface area (Å²) < 4.78 is 44.4. The number of carbonyl (C=O) groups excluding carboxylic acids is 1. The molecule has 36 heavy (non-hydrogen) atoms. The van der Waals surface area contributed by atoms with E-state index < -0.39 is 12.3 Å². The second-order valence-corrected chi connectivity index (χ2v) is 8.11. The molecule has 0 atom stereocenters. The predicted molar refractivity (Wildman–Crippen MR) is 127 cm³/mol. The minimum absolute atomic E-state index is 0.0238. The number of fused-ring (bicyclic) bond motifs is 1. The quantitative estimate of drug-likeness (QED) is 0.355. The first-order chi connectivity index (χ1) is 17.4. The highest BCUT2D eigenvalue weighted by atomic mass is 19.3. The van der Waals surface area contributed by atoms with Gasteiger partial charge >= 0.3 is 0 Å². The lowest BCUT2D eigenvalue weighted by Crippen LogP contribution is -2.20. The van der Waals surface area contributed by atoms with Gasteiger partial charge in [-0.3, -0.25) is 10.1 Å². The number of anilines is 1. The molecule has 0 saturated heterocycles. The monoisotopic (exact) mass is 491 g/mol. The first-order valence-electron chi connectivity index (χ1n) is 11.0. The summed E-state index contributed by atoms with van der Waals surface area (Å²) in [6.45, 7) is 1.44. The van der Waals surface area contributed by atoms with Crippen molar-refractivity contribution in [2.75, 3.05) is 5.32 Å². The fourth-order valence-corrected chi connectivity index (χ4v) is 3.96. The van der Waals surface area contributed by atoms with Crippen LogP contribution < -0.4 is 5.32 Å². The Bertz CT molecular complexity index is 1550. The van der Waals surface area contributed by atoms with Crippen LogP contribution in [0.1, 0.15) is 23.2 Å². The van der Waals surface area contributed by atoms with Crippen molar-refractivity contribution in [2.24, 2.45) is 0 Å². The van der Waals surface area contributed by atoms with Crippen LogP contribution in [0.5, 0.6) is 0 Å². The largest absolute Gasteiger partial charge is 0.292 e. The standard InChI is InChI=1S/C25H20F3N7O/c1-15-22-18(23(27)28)11-20(16-7-3-2-4-8-16)30-24(22)35(32-15)13-21(36)31-25-29-14-34(33-25)12-17-9-5-6-10-19(17)26/h2-11,14,23H,12-13H2,1H3,(H,31,33,36). The normalized spacial score (nSPS) is 11.4. The number of hydrogen-bond donors (Lipinski definition) is 1. The maximum absolute atomic E-state index is 13.9. The van der Waals surface area contributed by atoms with Crippen molar-refractivity contribution in [3.63, 3.8) is 0 Å². The van der Waals surface area contributed by atoms with Crippen LogP contribution in [0.3, 0.4) is 0 Å². The van der Waals surface area contributed by atoms with E-state index in [-0.39, 0.29) is 41.5 Å². The summed E-state index contributed by atoms with van der Waals surface area (Å²) in [5, 5.41) is 11.2. The van der Waals surface area contributed by atoms with Crippen LogP contribution in [-0.2, 0) is 17.9 Å². The van der Waals surface area contributed by atoms with Gasteiger partial charge in [-0.2, -0.15) is 5.10 Å². The molecule has 0 bridgehead atoms. The lowest BCUT2D eigenvalue weighted by atomic mass is 10.1. The maximum atomic E-state index is 13.9. The Hall–Kier alpha value is -4.54. The zero-order chi connectivity index (χ0) is 25.2. The molecule has 0 fully saturated rings. The molecule has 0 aliphatic heterocycles. The van der Waals surface area contributed by atoms with Crippen molar-refractivity contribution in [2.45, 2.75) is 26.4 Å². The molecule has 3 aromatic heterocycles. The van der Waals surface area contributed by atoms with E-state index in [0.717, 1.165) is 0 Å². The highest BCUT2D eigenvalue weighted by molar-refractivity contribution is 5.91. The van der Waals surface area contributed by atoms with Gasteiger partial charge in [-0.05, 0) is 19.1 Å². The number of alkyl halides is 2. The number of hydrogen-bond acceptors (Lipinski definition) is 5. The fraction of sp³-hybridized carbons (Fsp3) is 0.160. The highest BCUT2D eigenvalue weighted by Gasteiger charge is 2.22. The molecule has 5 rings (SSSR count). The van der Waals surface area contributed by atoms with Gasteiger partial charge in [0.05, 0.1) is 23.3 Å². The van der Waals surface area contributed by atoms with E-state index >= 15 is 0 Å². The van der Waals surface area contributed by atoms with E-state index in [1.165, 1.54) is 27.8 Å². The Balaban J connectivity index is 1.39. The van der Waals surface area contributed by atoms with Crippen molar-refractivity contribution >= 4 is 22.9 Å². The Morgan fingerprint density at radius 2 is 1.81 bits per heavy atom. The molecule has 1 N–H and O–H groups in total. The third-order valence-electron chi connectivity index (χ3n) is 5.58. The Kier molecular flexibility index (Phi) is 6.19. The molecule has 11 heteroatoms. The van der Waals surface area contributed by atoms with E-state index in [2.05, 4.69) is 25.5 Å². The SMILES string of the molecule is Cc1nn(CC(=O)Nc2ncn(Cc3ccccc3F)n2)c2nc(-c3ccccc3)cc(C(F)F)c12. The number of benzene rings is 2. The summed E-state index contributed by atoms with van der Waals surface area (Å²) in [7, 11) is 0. The van der Waals surface area contributed by atoms with Gasteiger partial charge in [-0.25, -0.2) is 32.5 Å². The Morgan fingerprint density at radius 1 is 1.06 bits per heavy atom. The molecule has 0 saturated carbocycles.